The van der Waals surface area contributed by atoms with Crippen molar-refractivity contribution < 1.29 is 28.5 Å². The van der Waals surface area contributed by atoms with Crippen LogP contribution in [0.25, 0.3) is 0 Å². The highest BCUT2D eigenvalue weighted by Crippen LogP contribution is 2.34. The molecule has 2 aliphatic rings. The van der Waals surface area contributed by atoms with Gasteiger partial charge < -0.3 is 29.2 Å². The molecule has 164 valence electrons. The predicted molar refractivity (Wildman–Crippen MR) is 113 cm³/mol. The Kier molecular flexibility index (Phi) is 6.16. The van der Waals surface area contributed by atoms with E-state index in [-0.39, 0.29) is 25.0 Å². The summed E-state index contributed by atoms with van der Waals surface area (Å²) >= 11 is 0. The molecule has 1 N–H and O–H groups in total. The first kappa shape index (κ1) is 20.8. The summed E-state index contributed by atoms with van der Waals surface area (Å²) in [6, 6.07) is 10.9. The normalized spacial score (nSPS) is 17.0. The lowest BCUT2D eigenvalue weighted by Gasteiger charge is -2.17. The molecule has 1 saturated heterocycles. The summed E-state index contributed by atoms with van der Waals surface area (Å²) in [4.78, 5) is 27.0. The number of fused-ring (bicyclic) bond motifs is 1. The third-order valence-corrected chi connectivity index (χ3v) is 5.21. The maximum Gasteiger partial charge on any atom is 0.231 e. The maximum atomic E-state index is 12.8. The summed E-state index contributed by atoms with van der Waals surface area (Å²) in [5.41, 5.74) is 1.55. The van der Waals surface area contributed by atoms with Gasteiger partial charge in [0.05, 0.1) is 19.1 Å². The number of hydrogen-bond acceptors (Lipinski definition) is 6. The Bertz CT molecular complexity index is 977. The van der Waals surface area contributed by atoms with E-state index in [2.05, 4.69) is 5.32 Å². The van der Waals surface area contributed by atoms with Gasteiger partial charge in [0.2, 0.25) is 18.6 Å². The number of ether oxygens (including phenoxy) is 4. The molecule has 8 nitrogen and oxygen atoms in total. The monoisotopic (exact) mass is 426 g/mol. The Hall–Kier alpha value is -3.42. The van der Waals surface area contributed by atoms with E-state index < -0.39 is 5.92 Å². The Morgan fingerprint density at radius 3 is 2.65 bits per heavy atom. The predicted octanol–water partition coefficient (Wildman–Crippen LogP) is 3.20. The van der Waals surface area contributed by atoms with E-state index in [0.717, 1.165) is 5.56 Å². The van der Waals surface area contributed by atoms with Crippen LogP contribution in [0, 0.1) is 5.92 Å². The third kappa shape index (κ3) is 4.68. The molecule has 0 radical (unpaired) electrons. The second-order valence-electron chi connectivity index (χ2n) is 7.38. The molecule has 2 aromatic carbocycles. The SMILES string of the molecule is CCOc1ccc(NC(=O)C2CC(=O)N(Cc3ccc4c(c3)OCO4)C2)cc1OCC. The molecule has 0 spiro atoms. The molecule has 2 amide bonds. The fourth-order valence-corrected chi connectivity index (χ4v) is 3.73. The van der Waals surface area contributed by atoms with Crippen LogP contribution in [0.3, 0.4) is 0 Å². The highest BCUT2D eigenvalue weighted by molar-refractivity contribution is 5.97. The topological polar surface area (TPSA) is 86.3 Å². The highest BCUT2D eigenvalue weighted by Gasteiger charge is 2.34. The van der Waals surface area contributed by atoms with Gasteiger partial charge in [-0.1, -0.05) is 6.07 Å². The average molecular weight is 426 g/mol. The van der Waals surface area contributed by atoms with Crippen LogP contribution in [0.15, 0.2) is 36.4 Å². The molecule has 2 aliphatic heterocycles. The molecule has 8 heteroatoms. The largest absolute Gasteiger partial charge is 0.490 e. The number of carbonyl (C=O) groups excluding carboxylic acids is 2. The second-order valence-corrected chi connectivity index (χ2v) is 7.38. The van der Waals surface area contributed by atoms with E-state index >= 15 is 0 Å². The van der Waals surface area contributed by atoms with Gasteiger partial charge in [-0.05, 0) is 43.7 Å². The lowest BCUT2D eigenvalue weighted by Crippen LogP contribution is -2.28. The van der Waals surface area contributed by atoms with Gasteiger partial charge in [-0.2, -0.15) is 0 Å². The van der Waals surface area contributed by atoms with Gasteiger partial charge in [0.25, 0.3) is 0 Å². The Labute approximate surface area is 181 Å². The summed E-state index contributed by atoms with van der Waals surface area (Å²) < 4.78 is 21.9. The zero-order chi connectivity index (χ0) is 21.8. The molecule has 0 aromatic heterocycles. The summed E-state index contributed by atoms with van der Waals surface area (Å²) in [6.45, 7) is 5.81. The van der Waals surface area contributed by atoms with Crippen molar-refractivity contribution in [1.82, 2.24) is 4.90 Å². The third-order valence-electron chi connectivity index (χ3n) is 5.21. The van der Waals surface area contributed by atoms with Crippen LogP contribution >= 0.6 is 0 Å². The number of amides is 2. The van der Waals surface area contributed by atoms with E-state index in [0.29, 0.717) is 55.0 Å². The van der Waals surface area contributed by atoms with Crippen LogP contribution in [-0.4, -0.2) is 43.3 Å². The van der Waals surface area contributed by atoms with Crippen LogP contribution in [0.1, 0.15) is 25.8 Å². The minimum Gasteiger partial charge on any atom is -0.490 e. The lowest BCUT2D eigenvalue weighted by atomic mass is 10.1. The Morgan fingerprint density at radius 2 is 1.84 bits per heavy atom. The smallest absolute Gasteiger partial charge is 0.231 e. The van der Waals surface area contributed by atoms with E-state index in [1.54, 1.807) is 23.1 Å². The van der Waals surface area contributed by atoms with Gasteiger partial charge in [-0.15, -0.1) is 0 Å². The zero-order valence-electron chi connectivity index (χ0n) is 17.7. The minimum absolute atomic E-state index is 0.0421. The van der Waals surface area contributed by atoms with Crippen LogP contribution in [0.5, 0.6) is 23.0 Å². The molecular weight excluding hydrogens is 400 g/mol. The Morgan fingerprint density at radius 1 is 1.06 bits per heavy atom. The van der Waals surface area contributed by atoms with Crippen LogP contribution in [0.2, 0.25) is 0 Å². The molecule has 2 aromatic rings. The van der Waals surface area contributed by atoms with Crippen molar-refractivity contribution in [2.75, 3.05) is 31.9 Å². The van der Waals surface area contributed by atoms with Gasteiger partial charge in [0.1, 0.15) is 0 Å². The molecule has 4 rings (SSSR count). The Balaban J connectivity index is 1.38. The number of nitrogens with zero attached hydrogens (tertiary/aromatic N) is 1. The number of carbonyl (C=O) groups is 2. The summed E-state index contributed by atoms with van der Waals surface area (Å²) in [5.74, 6) is 1.95. The maximum absolute atomic E-state index is 12.8. The molecule has 1 unspecified atom stereocenters. The first-order chi connectivity index (χ1) is 15.1. The van der Waals surface area contributed by atoms with Gasteiger partial charge >= 0.3 is 0 Å². The van der Waals surface area contributed by atoms with Crippen LogP contribution in [0.4, 0.5) is 5.69 Å². The van der Waals surface area contributed by atoms with Gasteiger partial charge in [0, 0.05) is 31.3 Å². The van der Waals surface area contributed by atoms with Crippen LogP contribution in [-0.2, 0) is 16.1 Å². The molecule has 0 saturated carbocycles. The first-order valence-corrected chi connectivity index (χ1v) is 10.4. The molecule has 0 bridgehead atoms. The number of anilines is 1. The number of hydrogen-bond donors (Lipinski definition) is 1. The van der Waals surface area contributed by atoms with Crippen molar-refractivity contribution in [3.63, 3.8) is 0 Å². The van der Waals surface area contributed by atoms with Crippen molar-refractivity contribution >= 4 is 17.5 Å². The van der Waals surface area contributed by atoms with E-state index in [9.17, 15) is 9.59 Å². The van der Waals surface area contributed by atoms with E-state index in [4.69, 9.17) is 18.9 Å². The fraction of sp³-hybridized carbons (Fsp3) is 0.391. The summed E-state index contributed by atoms with van der Waals surface area (Å²) in [6.07, 6.45) is 0.186. The standard InChI is InChI=1S/C23H26N2O6/c1-3-28-18-8-6-17(11-21(18)29-4-2)24-23(27)16-10-22(26)25(13-16)12-15-5-7-19-20(9-15)31-14-30-19/h5-9,11,16H,3-4,10,12-14H2,1-2H3,(H,24,27). The highest BCUT2D eigenvalue weighted by atomic mass is 16.7. The van der Waals surface area contributed by atoms with Gasteiger partial charge in [-0.25, -0.2) is 0 Å². The summed E-state index contributed by atoms with van der Waals surface area (Å²) in [7, 11) is 0. The lowest BCUT2D eigenvalue weighted by molar-refractivity contribution is -0.128. The van der Waals surface area contributed by atoms with E-state index in [1.807, 2.05) is 32.0 Å². The molecular formula is C23H26N2O6. The average Bonchev–Trinajstić information content (AvgIpc) is 3.37. The number of benzene rings is 2. The van der Waals surface area contributed by atoms with Gasteiger partial charge in [0.15, 0.2) is 23.0 Å². The second kappa shape index (κ2) is 9.16. The number of nitrogens with one attached hydrogen (secondary N) is 1. The van der Waals surface area contributed by atoms with Crippen molar-refractivity contribution in [3.05, 3.63) is 42.0 Å². The van der Waals surface area contributed by atoms with Crippen molar-refractivity contribution in [1.29, 1.82) is 0 Å². The van der Waals surface area contributed by atoms with Crippen molar-refractivity contribution in [3.8, 4) is 23.0 Å². The quantitative estimate of drug-likeness (QED) is 0.698. The molecule has 1 atom stereocenters. The van der Waals surface area contributed by atoms with Crippen LogP contribution < -0.4 is 24.3 Å². The minimum atomic E-state index is -0.413. The van der Waals surface area contributed by atoms with Crippen molar-refractivity contribution in [2.24, 2.45) is 5.92 Å². The zero-order valence-corrected chi connectivity index (χ0v) is 17.7. The fourth-order valence-electron chi connectivity index (χ4n) is 3.73. The molecule has 31 heavy (non-hydrogen) atoms. The van der Waals surface area contributed by atoms with Crippen molar-refractivity contribution in [2.45, 2.75) is 26.8 Å². The molecule has 2 heterocycles. The number of rotatable bonds is 8. The molecule has 0 aliphatic carbocycles. The van der Waals surface area contributed by atoms with Gasteiger partial charge in [-0.3, -0.25) is 9.59 Å². The van der Waals surface area contributed by atoms with E-state index in [1.165, 1.54) is 0 Å². The first-order valence-electron chi connectivity index (χ1n) is 10.4. The summed E-state index contributed by atoms with van der Waals surface area (Å²) in [5, 5.41) is 2.90. The number of likely N-dealkylation sites (tertiary alicyclic amines) is 1. The molecule has 1 fully saturated rings.